The third-order valence-corrected chi connectivity index (χ3v) is 4.44. The molecule has 0 bridgehead atoms. The number of hydrogen-bond donors (Lipinski definition) is 0. The molecule has 0 N–H and O–H groups in total. The minimum absolute atomic E-state index is 0.136. The molecule has 3 nitrogen and oxygen atoms in total. The first kappa shape index (κ1) is 15.8. The standard InChI is InChI=1S/C20H24N2O/c1-17(23)19-8-6-7-18(15-19)16-21-11-13-22(14-12-21)20-9-4-2-3-5-10-20/h2,4-10,15H,3,11-14,16H2,1H3. The number of rotatable bonds is 4. The lowest BCUT2D eigenvalue weighted by Gasteiger charge is -2.36. The van der Waals surface area contributed by atoms with E-state index in [0.717, 1.165) is 44.7 Å². The number of allylic oxidation sites excluding steroid dienone is 5. The highest BCUT2D eigenvalue weighted by Gasteiger charge is 2.18. The second kappa shape index (κ2) is 7.42. The van der Waals surface area contributed by atoms with Gasteiger partial charge in [0.05, 0.1) is 0 Å². The third-order valence-electron chi connectivity index (χ3n) is 4.44. The normalized spacial score (nSPS) is 18.7. The summed E-state index contributed by atoms with van der Waals surface area (Å²) in [6.45, 7) is 6.76. The van der Waals surface area contributed by atoms with E-state index in [9.17, 15) is 4.79 Å². The van der Waals surface area contributed by atoms with Gasteiger partial charge in [-0.15, -0.1) is 0 Å². The summed E-state index contributed by atoms with van der Waals surface area (Å²) in [5, 5.41) is 0. The van der Waals surface area contributed by atoms with Crippen molar-refractivity contribution in [3.8, 4) is 0 Å². The van der Waals surface area contributed by atoms with Crippen LogP contribution in [0.5, 0.6) is 0 Å². The van der Waals surface area contributed by atoms with Gasteiger partial charge in [0.15, 0.2) is 5.78 Å². The zero-order chi connectivity index (χ0) is 16.1. The lowest BCUT2D eigenvalue weighted by Crippen LogP contribution is -2.45. The molecule has 1 heterocycles. The zero-order valence-electron chi connectivity index (χ0n) is 13.7. The molecule has 0 saturated carbocycles. The van der Waals surface area contributed by atoms with Crippen LogP contribution in [-0.4, -0.2) is 41.8 Å². The van der Waals surface area contributed by atoms with E-state index in [0.29, 0.717) is 0 Å². The first-order valence-corrected chi connectivity index (χ1v) is 8.33. The summed E-state index contributed by atoms with van der Waals surface area (Å²) >= 11 is 0. The van der Waals surface area contributed by atoms with Crippen LogP contribution >= 0.6 is 0 Å². The van der Waals surface area contributed by atoms with E-state index >= 15 is 0 Å². The lowest BCUT2D eigenvalue weighted by molar-refractivity contribution is 0.101. The second-order valence-corrected chi connectivity index (χ2v) is 6.18. The molecule has 120 valence electrons. The van der Waals surface area contributed by atoms with Crippen LogP contribution < -0.4 is 0 Å². The van der Waals surface area contributed by atoms with Gasteiger partial charge in [-0.2, -0.15) is 0 Å². The molecular weight excluding hydrogens is 284 g/mol. The third kappa shape index (κ3) is 4.20. The Bertz CT molecular complexity index is 649. The fourth-order valence-electron chi connectivity index (χ4n) is 3.09. The van der Waals surface area contributed by atoms with Crippen LogP contribution in [0, 0.1) is 0 Å². The van der Waals surface area contributed by atoms with Gasteiger partial charge in [-0.25, -0.2) is 0 Å². The molecule has 1 aliphatic carbocycles. The smallest absolute Gasteiger partial charge is 0.159 e. The minimum Gasteiger partial charge on any atom is -0.369 e. The Hall–Kier alpha value is -2.13. The molecule has 1 aromatic carbocycles. The topological polar surface area (TPSA) is 23.6 Å². The second-order valence-electron chi connectivity index (χ2n) is 6.18. The predicted octanol–water partition coefficient (Wildman–Crippen LogP) is 3.41. The molecule has 3 rings (SSSR count). The van der Waals surface area contributed by atoms with Gasteiger partial charge >= 0.3 is 0 Å². The number of nitrogens with zero attached hydrogens (tertiary/aromatic N) is 2. The molecule has 0 aromatic heterocycles. The molecule has 2 aliphatic rings. The van der Waals surface area contributed by atoms with Crippen LogP contribution in [0.3, 0.4) is 0 Å². The molecule has 1 saturated heterocycles. The molecule has 0 unspecified atom stereocenters. The first-order valence-electron chi connectivity index (χ1n) is 8.33. The quantitative estimate of drug-likeness (QED) is 0.797. The van der Waals surface area contributed by atoms with Crippen molar-refractivity contribution in [3.63, 3.8) is 0 Å². The van der Waals surface area contributed by atoms with Crippen molar-refractivity contribution in [2.75, 3.05) is 26.2 Å². The zero-order valence-corrected chi connectivity index (χ0v) is 13.7. The molecule has 1 aromatic rings. The maximum absolute atomic E-state index is 11.5. The van der Waals surface area contributed by atoms with Crippen LogP contribution in [0.1, 0.15) is 29.3 Å². The van der Waals surface area contributed by atoms with Crippen molar-refractivity contribution in [2.45, 2.75) is 19.9 Å². The number of hydrogen-bond acceptors (Lipinski definition) is 3. The predicted molar refractivity (Wildman–Crippen MR) is 94.3 cm³/mol. The Kier molecular flexibility index (Phi) is 5.09. The molecule has 0 radical (unpaired) electrons. The van der Waals surface area contributed by atoms with Gasteiger partial charge in [0.2, 0.25) is 0 Å². The molecule has 0 atom stereocenters. The van der Waals surface area contributed by atoms with Crippen molar-refractivity contribution in [1.29, 1.82) is 0 Å². The highest BCUT2D eigenvalue weighted by molar-refractivity contribution is 5.94. The average Bonchev–Trinajstić information content (AvgIpc) is 2.85. The van der Waals surface area contributed by atoms with E-state index in [4.69, 9.17) is 0 Å². The van der Waals surface area contributed by atoms with Crippen molar-refractivity contribution in [3.05, 3.63) is 71.5 Å². The maximum Gasteiger partial charge on any atom is 0.159 e. The monoisotopic (exact) mass is 308 g/mol. The Labute approximate surface area is 138 Å². The number of carbonyl (C=O) groups excluding carboxylic acids is 1. The van der Waals surface area contributed by atoms with E-state index in [1.54, 1.807) is 6.92 Å². The summed E-state index contributed by atoms with van der Waals surface area (Å²) in [5.41, 5.74) is 3.35. The summed E-state index contributed by atoms with van der Waals surface area (Å²) in [6, 6.07) is 8.01. The van der Waals surface area contributed by atoms with Gasteiger partial charge < -0.3 is 4.90 Å². The van der Waals surface area contributed by atoms with Gasteiger partial charge in [-0.1, -0.05) is 36.4 Å². The molecule has 23 heavy (non-hydrogen) atoms. The number of piperazine rings is 1. The largest absolute Gasteiger partial charge is 0.369 e. The summed E-state index contributed by atoms with van der Waals surface area (Å²) < 4.78 is 0. The van der Waals surface area contributed by atoms with Gasteiger partial charge in [0.25, 0.3) is 0 Å². The SMILES string of the molecule is CC(=O)c1cccc(CN2CCN(C3=CC=CCC=C3)CC2)c1. The Morgan fingerprint density at radius 1 is 1.13 bits per heavy atom. The minimum atomic E-state index is 0.136. The highest BCUT2D eigenvalue weighted by Crippen LogP contribution is 2.16. The summed E-state index contributed by atoms with van der Waals surface area (Å²) in [7, 11) is 0. The fraction of sp³-hybridized carbons (Fsp3) is 0.350. The van der Waals surface area contributed by atoms with Gasteiger partial charge in [0, 0.05) is 44.0 Å². The molecule has 0 amide bonds. The Morgan fingerprint density at radius 3 is 2.74 bits per heavy atom. The van der Waals surface area contributed by atoms with Gasteiger partial charge in [-0.3, -0.25) is 9.69 Å². The Morgan fingerprint density at radius 2 is 1.96 bits per heavy atom. The van der Waals surface area contributed by atoms with Gasteiger partial charge in [-0.05, 0) is 37.1 Å². The lowest BCUT2D eigenvalue weighted by atomic mass is 10.1. The molecule has 3 heteroatoms. The molecular formula is C20H24N2O. The Balaban J connectivity index is 1.57. The van der Waals surface area contributed by atoms with Crippen molar-refractivity contribution >= 4 is 5.78 Å². The number of ketones is 1. The van der Waals surface area contributed by atoms with Crippen LogP contribution in [0.25, 0.3) is 0 Å². The van der Waals surface area contributed by atoms with E-state index in [1.165, 1.54) is 11.3 Å². The van der Waals surface area contributed by atoms with Crippen molar-refractivity contribution < 1.29 is 4.79 Å². The van der Waals surface area contributed by atoms with Gasteiger partial charge in [0.1, 0.15) is 0 Å². The number of benzene rings is 1. The van der Waals surface area contributed by atoms with Crippen LogP contribution in [0.4, 0.5) is 0 Å². The molecule has 1 aliphatic heterocycles. The number of Topliss-reactive ketones (excluding diaryl/α,β-unsaturated/α-hetero) is 1. The van der Waals surface area contributed by atoms with E-state index in [1.807, 2.05) is 18.2 Å². The van der Waals surface area contributed by atoms with E-state index in [2.05, 4.69) is 46.2 Å². The van der Waals surface area contributed by atoms with Crippen molar-refractivity contribution in [1.82, 2.24) is 9.80 Å². The highest BCUT2D eigenvalue weighted by atomic mass is 16.1. The summed E-state index contributed by atoms with van der Waals surface area (Å²) in [6.07, 6.45) is 12.0. The fourth-order valence-corrected chi connectivity index (χ4v) is 3.09. The van der Waals surface area contributed by atoms with E-state index < -0.39 is 0 Å². The summed E-state index contributed by atoms with van der Waals surface area (Å²) in [4.78, 5) is 16.4. The van der Waals surface area contributed by atoms with Crippen LogP contribution in [0.2, 0.25) is 0 Å². The van der Waals surface area contributed by atoms with Crippen molar-refractivity contribution in [2.24, 2.45) is 0 Å². The molecule has 1 fully saturated rings. The van der Waals surface area contributed by atoms with E-state index in [-0.39, 0.29) is 5.78 Å². The summed E-state index contributed by atoms with van der Waals surface area (Å²) in [5.74, 6) is 0.136. The van der Waals surface area contributed by atoms with Crippen LogP contribution in [-0.2, 0) is 6.54 Å². The first-order chi connectivity index (χ1) is 11.2. The molecule has 0 spiro atoms. The average molecular weight is 308 g/mol. The maximum atomic E-state index is 11.5. The van der Waals surface area contributed by atoms with Crippen LogP contribution in [0.15, 0.2) is 60.3 Å². The number of carbonyl (C=O) groups is 1.